The molecule has 1 rings (SSSR count). The maximum Gasteiger partial charge on any atom is 0.229 e. The first-order valence-corrected chi connectivity index (χ1v) is 6.13. The molecule has 1 fully saturated rings. The van der Waals surface area contributed by atoms with Crippen molar-refractivity contribution in [3.8, 4) is 0 Å². The summed E-state index contributed by atoms with van der Waals surface area (Å²) in [4.78, 5) is 14.1. The van der Waals surface area contributed by atoms with Gasteiger partial charge < -0.3 is 10.6 Å². The average molecular weight is 228 g/mol. The molecule has 0 bridgehead atoms. The minimum absolute atomic E-state index is 0.0944. The van der Waals surface area contributed by atoms with Crippen LogP contribution in [0.4, 0.5) is 0 Å². The zero-order valence-electron chi connectivity index (χ0n) is 9.37. The summed E-state index contributed by atoms with van der Waals surface area (Å²) in [6, 6.07) is 0.422. The molecule has 1 aliphatic rings. The highest BCUT2D eigenvalue weighted by Crippen LogP contribution is 2.22. The van der Waals surface area contributed by atoms with Crippen LogP contribution in [0.25, 0.3) is 0 Å². The molecule has 0 radical (unpaired) electrons. The molecule has 3 nitrogen and oxygen atoms in total. The van der Waals surface area contributed by atoms with Gasteiger partial charge in [-0.15, -0.1) is 0 Å². The predicted octanol–water partition coefficient (Wildman–Crippen LogP) is 1.84. The van der Waals surface area contributed by atoms with E-state index < -0.39 is 0 Å². The summed E-state index contributed by atoms with van der Waals surface area (Å²) in [5.41, 5.74) is 5.40. The monoisotopic (exact) mass is 228 g/mol. The molecule has 0 aromatic carbocycles. The summed E-state index contributed by atoms with van der Waals surface area (Å²) in [6.07, 6.45) is 6.27. The molecule has 86 valence electrons. The van der Waals surface area contributed by atoms with E-state index >= 15 is 0 Å². The van der Waals surface area contributed by atoms with E-state index in [-0.39, 0.29) is 12.3 Å². The Morgan fingerprint density at radius 3 is 2.47 bits per heavy atom. The van der Waals surface area contributed by atoms with Gasteiger partial charge in [0.2, 0.25) is 5.91 Å². The van der Waals surface area contributed by atoms with E-state index in [0.29, 0.717) is 11.0 Å². The van der Waals surface area contributed by atoms with Crippen LogP contribution in [0.1, 0.15) is 45.4 Å². The molecule has 0 heterocycles. The van der Waals surface area contributed by atoms with Crippen LogP contribution in [0.15, 0.2) is 0 Å². The Kier molecular flexibility index (Phi) is 5.02. The summed E-state index contributed by atoms with van der Waals surface area (Å²) < 4.78 is 0. The van der Waals surface area contributed by atoms with Crippen molar-refractivity contribution in [1.29, 1.82) is 0 Å². The number of nitrogens with two attached hydrogens (primary N) is 1. The lowest BCUT2D eigenvalue weighted by atomic mass is 9.94. The van der Waals surface area contributed by atoms with Gasteiger partial charge in [-0.3, -0.25) is 4.79 Å². The molecular weight excluding hydrogens is 208 g/mol. The van der Waals surface area contributed by atoms with Crippen molar-refractivity contribution < 1.29 is 4.79 Å². The van der Waals surface area contributed by atoms with Gasteiger partial charge >= 0.3 is 0 Å². The lowest BCUT2D eigenvalue weighted by Gasteiger charge is -2.33. The molecule has 0 unspecified atom stereocenters. The molecular formula is C11H20N2OS. The van der Waals surface area contributed by atoms with Gasteiger partial charge in [0.25, 0.3) is 0 Å². The zero-order valence-corrected chi connectivity index (χ0v) is 10.2. The first-order chi connectivity index (χ1) is 7.15. The Balaban J connectivity index is 2.52. The predicted molar refractivity (Wildman–Crippen MR) is 65.7 cm³/mol. The van der Waals surface area contributed by atoms with Gasteiger partial charge in [0, 0.05) is 12.6 Å². The number of rotatable bonds is 4. The number of nitrogens with zero attached hydrogens (tertiary/aromatic N) is 1. The quantitative estimate of drug-likeness (QED) is 0.747. The second-order valence-corrected chi connectivity index (χ2v) is 4.64. The minimum Gasteiger partial charge on any atom is -0.393 e. The lowest BCUT2D eigenvalue weighted by molar-refractivity contribution is -0.132. The third kappa shape index (κ3) is 3.78. The van der Waals surface area contributed by atoms with Crippen molar-refractivity contribution in [3.63, 3.8) is 0 Å². The topological polar surface area (TPSA) is 46.3 Å². The Morgan fingerprint density at radius 1 is 1.40 bits per heavy atom. The van der Waals surface area contributed by atoms with Crippen LogP contribution in [0.5, 0.6) is 0 Å². The van der Waals surface area contributed by atoms with Gasteiger partial charge in [0.05, 0.1) is 11.4 Å². The maximum atomic E-state index is 11.8. The zero-order chi connectivity index (χ0) is 11.3. The molecule has 0 atom stereocenters. The summed E-state index contributed by atoms with van der Waals surface area (Å²) in [7, 11) is 0. The molecule has 1 saturated carbocycles. The van der Waals surface area contributed by atoms with Crippen LogP contribution >= 0.6 is 12.2 Å². The number of hydrogen-bond acceptors (Lipinski definition) is 2. The van der Waals surface area contributed by atoms with Gasteiger partial charge in [0.15, 0.2) is 0 Å². The number of thiocarbonyl (C=S) groups is 1. The summed E-state index contributed by atoms with van der Waals surface area (Å²) in [6.45, 7) is 2.79. The molecule has 0 aliphatic heterocycles. The van der Waals surface area contributed by atoms with Crippen LogP contribution in [0, 0.1) is 0 Å². The fraction of sp³-hybridized carbons (Fsp3) is 0.818. The fourth-order valence-electron chi connectivity index (χ4n) is 2.28. The van der Waals surface area contributed by atoms with E-state index in [2.05, 4.69) is 0 Å². The highest BCUT2D eigenvalue weighted by atomic mass is 32.1. The molecule has 1 aliphatic carbocycles. The van der Waals surface area contributed by atoms with Crippen molar-refractivity contribution in [1.82, 2.24) is 4.90 Å². The van der Waals surface area contributed by atoms with Crippen molar-refractivity contribution in [3.05, 3.63) is 0 Å². The van der Waals surface area contributed by atoms with E-state index in [0.717, 1.165) is 19.4 Å². The molecule has 4 heteroatoms. The van der Waals surface area contributed by atoms with E-state index in [9.17, 15) is 4.79 Å². The smallest absolute Gasteiger partial charge is 0.229 e. The molecule has 1 amide bonds. The number of amides is 1. The molecule has 0 spiro atoms. The Morgan fingerprint density at radius 2 is 2.00 bits per heavy atom. The van der Waals surface area contributed by atoms with Gasteiger partial charge in [-0.1, -0.05) is 31.5 Å². The average Bonchev–Trinajstić information content (AvgIpc) is 2.19. The van der Waals surface area contributed by atoms with Crippen LogP contribution in [0.2, 0.25) is 0 Å². The van der Waals surface area contributed by atoms with Crippen LogP contribution < -0.4 is 5.73 Å². The SMILES string of the molecule is CCN(C(=O)CC(N)=S)C1CCCCC1. The van der Waals surface area contributed by atoms with E-state index in [1.807, 2.05) is 11.8 Å². The summed E-state index contributed by atoms with van der Waals surface area (Å²) in [5.74, 6) is 0.0944. The van der Waals surface area contributed by atoms with Crippen LogP contribution in [-0.2, 0) is 4.79 Å². The molecule has 2 N–H and O–H groups in total. The van der Waals surface area contributed by atoms with Gasteiger partial charge in [-0.25, -0.2) is 0 Å². The Labute approximate surface area is 97.0 Å². The Bertz CT molecular complexity index is 237. The highest BCUT2D eigenvalue weighted by Gasteiger charge is 2.23. The van der Waals surface area contributed by atoms with Crippen LogP contribution in [0.3, 0.4) is 0 Å². The van der Waals surface area contributed by atoms with E-state index in [4.69, 9.17) is 18.0 Å². The van der Waals surface area contributed by atoms with Crippen LogP contribution in [-0.4, -0.2) is 28.4 Å². The van der Waals surface area contributed by atoms with Crippen molar-refractivity contribution >= 4 is 23.1 Å². The number of carbonyl (C=O) groups excluding carboxylic acids is 1. The molecule has 15 heavy (non-hydrogen) atoms. The molecule has 0 saturated heterocycles. The van der Waals surface area contributed by atoms with Crippen molar-refractivity contribution in [2.24, 2.45) is 5.73 Å². The third-order valence-electron chi connectivity index (χ3n) is 3.00. The van der Waals surface area contributed by atoms with Crippen molar-refractivity contribution in [2.75, 3.05) is 6.54 Å². The normalized spacial score (nSPS) is 17.4. The first-order valence-electron chi connectivity index (χ1n) is 5.73. The van der Waals surface area contributed by atoms with E-state index in [1.165, 1.54) is 19.3 Å². The largest absolute Gasteiger partial charge is 0.393 e. The summed E-state index contributed by atoms with van der Waals surface area (Å²) >= 11 is 4.77. The van der Waals surface area contributed by atoms with Gasteiger partial charge in [0.1, 0.15) is 0 Å². The number of hydrogen-bond donors (Lipinski definition) is 1. The summed E-state index contributed by atoms with van der Waals surface area (Å²) in [5, 5.41) is 0. The Hall–Kier alpha value is -0.640. The van der Waals surface area contributed by atoms with Crippen molar-refractivity contribution in [2.45, 2.75) is 51.5 Å². The van der Waals surface area contributed by atoms with Gasteiger partial charge in [-0.05, 0) is 19.8 Å². The van der Waals surface area contributed by atoms with E-state index in [1.54, 1.807) is 0 Å². The third-order valence-corrected chi connectivity index (χ3v) is 3.15. The molecule has 0 aromatic heterocycles. The second-order valence-electron chi connectivity index (χ2n) is 4.11. The standard InChI is InChI=1S/C11H20N2OS/c1-2-13(11(14)8-10(12)15)9-6-4-3-5-7-9/h9H,2-8H2,1H3,(H2,12,15). The first kappa shape index (κ1) is 12.4. The maximum absolute atomic E-state index is 11.8. The number of carbonyl (C=O) groups is 1. The minimum atomic E-state index is 0.0944. The van der Waals surface area contributed by atoms with Gasteiger partial charge in [-0.2, -0.15) is 0 Å². The highest BCUT2D eigenvalue weighted by molar-refractivity contribution is 7.80. The lowest BCUT2D eigenvalue weighted by Crippen LogP contribution is -2.42. The second kappa shape index (κ2) is 6.05. The fourth-order valence-corrected chi connectivity index (χ4v) is 2.40. The molecule has 0 aromatic rings.